The molecule has 0 aliphatic rings. The molecule has 1 heterocycles. The summed E-state index contributed by atoms with van der Waals surface area (Å²) in [6.07, 6.45) is 1.09. The van der Waals surface area contributed by atoms with E-state index in [1.54, 1.807) is 7.05 Å². The number of halogens is 1. The van der Waals surface area contributed by atoms with Gasteiger partial charge in [-0.25, -0.2) is 4.98 Å². The molecule has 0 amide bonds. The van der Waals surface area contributed by atoms with E-state index in [2.05, 4.69) is 34.5 Å². The van der Waals surface area contributed by atoms with Crippen molar-refractivity contribution in [3.63, 3.8) is 0 Å². The van der Waals surface area contributed by atoms with Gasteiger partial charge in [0, 0.05) is 20.2 Å². The monoisotopic (exact) mass is 424 g/mol. The molecular formula is C15H29IN4O2. The van der Waals surface area contributed by atoms with Gasteiger partial charge in [0.05, 0.1) is 18.8 Å². The average molecular weight is 424 g/mol. The summed E-state index contributed by atoms with van der Waals surface area (Å²) in [5, 5.41) is 6.36. The number of hydrogen-bond acceptors (Lipinski definition) is 4. The van der Waals surface area contributed by atoms with Gasteiger partial charge in [-0.15, -0.1) is 24.0 Å². The molecule has 0 radical (unpaired) electrons. The number of nitrogens with zero attached hydrogens (tertiary/aromatic N) is 2. The fraction of sp³-hybridized carbons (Fsp3) is 0.733. The Morgan fingerprint density at radius 1 is 1.27 bits per heavy atom. The van der Waals surface area contributed by atoms with Gasteiger partial charge in [-0.2, -0.15) is 0 Å². The Morgan fingerprint density at radius 3 is 2.55 bits per heavy atom. The largest absolute Gasteiger partial charge is 0.444 e. The molecule has 0 saturated carbocycles. The number of oxazole rings is 1. The van der Waals surface area contributed by atoms with E-state index in [4.69, 9.17) is 9.15 Å². The standard InChI is InChI=1S/C15H28N4O2.HI/c1-11(2)6-8-20-9-7-17-15(16-5)18-10-14-19-12(3)13(4)21-14;/h11H,6-10H2,1-5H3,(H2,16,17,18);1H. The molecular weight excluding hydrogens is 395 g/mol. The molecule has 1 aromatic rings. The molecule has 0 unspecified atom stereocenters. The Labute approximate surface area is 150 Å². The molecule has 6 nitrogen and oxygen atoms in total. The first-order chi connectivity index (χ1) is 10.0. The predicted octanol–water partition coefficient (Wildman–Crippen LogP) is 2.64. The van der Waals surface area contributed by atoms with Crippen molar-refractivity contribution < 1.29 is 9.15 Å². The Bertz CT molecular complexity index is 427. The Balaban J connectivity index is 0.00000441. The highest BCUT2D eigenvalue weighted by Gasteiger charge is 2.06. The van der Waals surface area contributed by atoms with Crippen molar-refractivity contribution in [2.24, 2.45) is 10.9 Å². The van der Waals surface area contributed by atoms with E-state index in [0.717, 1.165) is 37.0 Å². The highest BCUT2D eigenvalue weighted by Crippen LogP contribution is 2.07. The van der Waals surface area contributed by atoms with Gasteiger partial charge in [-0.1, -0.05) is 13.8 Å². The first-order valence-corrected chi connectivity index (χ1v) is 7.48. The van der Waals surface area contributed by atoms with E-state index in [1.807, 2.05) is 13.8 Å². The lowest BCUT2D eigenvalue weighted by Gasteiger charge is -2.11. The summed E-state index contributed by atoms with van der Waals surface area (Å²) in [6, 6.07) is 0. The molecule has 0 bridgehead atoms. The smallest absolute Gasteiger partial charge is 0.214 e. The van der Waals surface area contributed by atoms with Crippen LogP contribution in [-0.4, -0.2) is 37.7 Å². The molecule has 128 valence electrons. The minimum Gasteiger partial charge on any atom is -0.444 e. The fourth-order valence-electron chi connectivity index (χ4n) is 1.66. The lowest BCUT2D eigenvalue weighted by Crippen LogP contribution is -2.38. The van der Waals surface area contributed by atoms with Gasteiger partial charge in [-0.3, -0.25) is 4.99 Å². The summed E-state index contributed by atoms with van der Waals surface area (Å²) in [5.74, 6) is 2.92. The lowest BCUT2D eigenvalue weighted by atomic mass is 10.1. The van der Waals surface area contributed by atoms with Crippen molar-refractivity contribution >= 4 is 29.9 Å². The van der Waals surface area contributed by atoms with Crippen LogP contribution in [0.3, 0.4) is 0 Å². The fourth-order valence-corrected chi connectivity index (χ4v) is 1.66. The molecule has 7 heteroatoms. The molecule has 0 spiro atoms. The third-order valence-corrected chi connectivity index (χ3v) is 3.08. The van der Waals surface area contributed by atoms with Crippen LogP contribution in [0.2, 0.25) is 0 Å². The van der Waals surface area contributed by atoms with Crippen molar-refractivity contribution in [3.05, 3.63) is 17.3 Å². The van der Waals surface area contributed by atoms with Crippen molar-refractivity contribution in [2.75, 3.05) is 26.8 Å². The molecule has 22 heavy (non-hydrogen) atoms. The molecule has 0 atom stereocenters. The van der Waals surface area contributed by atoms with E-state index < -0.39 is 0 Å². The lowest BCUT2D eigenvalue weighted by molar-refractivity contribution is 0.128. The normalized spacial score (nSPS) is 11.5. The van der Waals surface area contributed by atoms with Crippen molar-refractivity contribution in [3.8, 4) is 0 Å². The molecule has 1 aromatic heterocycles. The molecule has 1 rings (SSSR count). The maximum atomic E-state index is 5.55. The number of aromatic nitrogens is 1. The highest BCUT2D eigenvalue weighted by molar-refractivity contribution is 14.0. The van der Waals surface area contributed by atoms with E-state index in [1.165, 1.54) is 0 Å². The van der Waals surface area contributed by atoms with Crippen molar-refractivity contribution in [2.45, 2.75) is 40.7 Å². The Hall–Kier alpha value is -0.830. The Kier molecular flexibility index (Phi) is 11.3. The van der Waals surface area contributed by atoms with Gasteiger partial charge in [0.15, 0.2) is 5.96 Å². The van der Waals surface area contributed by atoms with Crippen LogP contribution in [0.4, 0.5) is 0 Å². The topological polar surface area (TPSA) is 71.7 Å². The number of ether oxygens (including phenoxy) is 1. The van der Waals surface area contributed by atoms with Crippen LogP contribution in [0.15, 0.2) is 9.41 Å². The van der Waals surface area contributed by atoms with Crippen molar-refractivity contribution in [1.82, 2.24) is 15.6 Å². The Morgan fingerprint density at radius 2 is 2.00 bits per heavy atom. The zero-order valence-corrected chi connectivity index (χ0v) is 16.6. The highest BCUT2D eigenvalue weighted by atomic mass is 127. The first kappa shape index (κ1) is 21.2. The quantitative estimate of drug-likeness (QED) is 0.291. The second-order valence-electron chi connectivity index (χ2n) is 5.40. The van der Waals surface area contributed by atoms with Crippen LogP contribution >= 0.6 is 24.0 Å². The summed E-state index contributed by atoms with van der Waals surface area (Å²) in [7, 11) is 1.74. The van der Waals surface area contributed by atoms with Crippen LogP contribution in [0.5, 0.6) is 0 Å². The van der Waals surface area contributed by atoms with Gasteiger partial charge in [0.2, 0.25) is 5.89 Å². The average Bonchev–Trinajstić information content (AvgIpc) is 2.76. The van der Waals surface area contributed by atoms with Gasteiger partial charge < -0.3 is 19.8 Å². The third kappa shape index (κ3) is 8.57. The number of guanidine groups is 1. The molecule has 0 aliphatic carbocycles. The van der Waals surface area contributed by atoms with E-state index in [9.17, 15) is 0 Å². The molecule has 0 aliphatic heterocycles. The minimum absolute atomic E-state index is 0. The maximum Gasteiger partial charge on any atom is 0.214 e. The maximum absolute atomic E-state index is 5.55. The van der Waals surface area contributed by atoms with E-state index >= 15 is 0 Å². The van der Waals surface area contributed by atoms with E-state index in [0.29, 0.717) is 25.0 Å². The number of aryl methyl sites for hydroxylation is 2. The number of rotatable bonds is 8. The number of aliphatic imine (C=N–C) groups is 1. The molecule has 0 aromatic carbocycles. The van der Waals surface area contributed by atoms with Gasteiger partial charge in [0.1, 0.15) is 5.76 Å². The zero-order valence-electron chi connectivity index (χ0n) is 14.2. The van der Waals surface area contributed by atoms with Gasteiger partial charge >= 0.3 is 0 Å². The third-order valence-electron chi connectivity index (χ3n) is 3.08. The van der Waals surface area contributed by atoms with Crippen LogP contribution < -0.4 is 10.6 Å². The van der Waals surface area contributed by atoms with Crippen LogP contribution in [0.1, 0.15) is 37.6 Å². The van der Waals surface area contributed by atoms with E-state index in [-0.39, 0.29) is 24.0 Å². The summed E-state index contributed by atoms with van der Waals surface area (Å²) < 4.78 is 11.1. The first-order valence-electron chi connectivity index (χ1n) is 7.48. The summed E-state index contributed by atoms with van der Waals surface area (Å²) in [4.78, 5) is 8.46. The number of hydrogen-bond donors (Lipinski definition) is 2. The summed E-state index contributed by atoms with van der Waals surface area (Å²) >= 11 is 0. The molecule has 0 saturated heterocycles. The van der Waals surface area contributed by atoms with Crippen LogP contribution in [-0.2, 0) is 11.3 Å². The predicted molar refractivity (Wildman–Crippen MR) is 99.9 cm³/mol. The van der Waals surface area contributed by atoms with Crippen LogP contribution in [0, 0.1) is 19.8 Å². The van der Waals surface area contributed by atoms with Gasteiger partial charge in [0.25, 0.3) is 0 Å². The van der Waals surface area contributed by atoms with Gasteiger partial charge in [-0.05, 0) is 26.2 Å². The second-order valence-corrected chi connectivity index (χ2v) is 5.40. The SMILES string of the molecule is CN=C(NCCOCCC(C)C)NCc1nc(C)c(C)o1.I. The molecule has 0 fully saturated rings. The van der Waals surface area contributed by atoms with Crippen molar-refractivity contribution in [1.29, 1.82) is 0 Å². The minimum atomic E-state index is 0. The molecule has 2 N–H and O–H groups in total. The number of nitrogens with one attached hydrogen (secondary N) is 2. The summed E-state index contributed by atoms with van der Waals surface area (Å²) in [5.41, 5.74) is 0.924. The second kappa shape index (κ2) is 11.7. The zero-order chi connectivity index (χ0) is 15.7. The van der Waals surface area contributed by atoms with Crippen LogP contribution in [0.25, 0.3) is 0 Å². The summed E-state index contributed by atoms with van der Waals surface area (Å²) in [6.45, 7) is 10.9.